The molecule has 0 bridgehead atoms. The van der Waals surface area contributed by atoms with E-state index in [0.29, 0.717) is 44.5 Å². The molecule has 31 heavy (non-hydrogen) atoms. The van der Waals surface area contributed by atoms with E-state index >= 15 is 0 Å². The number of guanidine groups is 1. The first-order valence-corrected chi connectivity index (χ1v) is 11.0. The summed E-state index contributed by atoms with van der Waals surface area (Å²) >= 11 is 0. The number of rotatable bonds is 4. The van der Waals surface area contributed by atoms with Gasteiger partial charge in [-0.1, -0.05) is 6.07 Å². The minimum absolute atomic E-state index is 0.0133. The largest absolute Gasteiger partial charge is 0.416 e. The van der Waals surface area contributed by atoms with Crippen molar-refractivity contribution in [3.8, 4) is 0 Å². The molecule has 172 valence electrons. The maximum atomic E-state index is 13.8. The minimum Gasteiger partial charge on any atom is -0.381 e. The van der Waals surface area contributed by atoms with E-state index in [0.717, 1.165) is 39.1 Å². The van der Waals surface area contributed by atoms with Gasteiger partial charge in [-0.3, -0.25) is 0 Å². The number of nitrogens with zero attached hydrogens (tertiary/aromatic N) is 3. The fourth-order valence-electron chi connectivity index (χ4n) is 4.66. The van der Waals surface area contributed by atoms with Crippen molar-refractivity contribution in [2.45, 2.75) is 32.5 Å². The van der Waals surface area contributed by atoms with E-state index in [1.165, 1.54) is 6.07 Å². The second kappa shape index (κ2) is 9.24. The second-order valence-electron chi connectivity index (χ2n) is 8.58. The summed E-state index contributed by atoms with van der Waals surface area (Å²) < 4.78 is 52.4. The Labute approximate surface area is 181 Å². The minimum atomic E-state index is -4.43. The summed E-state index contributed by atoms with van der Waals surface area (Å²) in [6, 6.07) is 4.58. The van der Waals surface area contributed by atoms with Gasteiger partial charge in [-0.05, 0) is 37.5 Å². The molecule has 9 heteroatoms. The number of alkyl halides is 3. The van der Waals surface area contributed by atoms with Gasteiger partial charge in [-0.25, -0.2) is 4.99 Å². The third kappa shape index (κ3) is 5.09. The average Bonchev–Trinajstić information content (AvgIpc) is 3.41. The van der Waals surface area contributed by atoms with Crippen LogP contribution in [0.25, 0.3) is 0 Å². The highest BCUT2D eigenvalue weighted by Gasteiger charge is 2.42. The summed E-state index contributed by atoms with van der Waals surface area (Å²) in [5.74, 6) is 0.677. The lowest BCUT2D eigenvalue weighted by atomic mass is 9.87. The number of ether oxygens (including phenoxy) is 2. The zero-order valence-electron chi connectivity index (χ0n) is 18.0. The Bertz CT molecular complexity index is 787. The number of halogens is 3. The predicted octanol–water partition coefficient (Wildman–Crippen LogP) is 3.12. The Balaban J connectivity index is 1.54. The van der Waals surface area contributed by atoms with Crippen molar-refractivity contribution < 1.29 is 22.6 Å². The van der Waals surface area contributed by atoms with Crippen LogP contribution >= 0.6 is 0 Å². The molecule has 6 nitrogen and oxygen atoms in total. The van der Waals surface area contributed by atoms with Crippen LogP contribution in [0.4, 0.5) is 18.9 Å². The third-order valence-electron chi connectivity index (χ3n) is 6.43. The van der Waals surface area contributed by atoms with Gasteiger partial charge in [-0.2, -0.15) is 13.2 Å². The van der Waals surface area contributed by atoms with E-state index in [-0.39, 0.29) is 17.5 Å². The highest BCUT2D eigenvalue weighted by atomic mass is 19.4. The van der Waals surface area contributed by atoms with Crippen LogP contribution in [-0.4, -0.2) is 70.0 Å². The summed E-state index contributed by atoms with van der Waals surface area (Å²) in [5, 5.41) is 3.25. The first kappa shape index (κ1) is 22.2. The highest BCUT2D eigenvalue weighted by Crippen LogP contribution is 2.38. The Kier molecular flexibility index (Phi) is 6.62. The van der Waals surface area contributed by atoms with Gasteiger partial charge in [0.05, 0.1) is 31.9 Å². The molecular formula is C22H31F3N4O2. The number of hydrogen-bond donors (Lipinski definition) is 1. The van der Waals surface area contributed by atoms with E-state index < -0.39 is 11.7 Å². The number of benzene rings is 1. The Morgan fingerprint density at radius 1 is 1.13 bits per heavy atom. The van der Waals surface area contributed by atoms with Crippen LogP contribution in [0.2, 0.25) is 0 Å². The Hall–Kier alpha value is -2.00. The maximum absolute atomic E-state index is 13.8. The van der Waals surface area contributed by atoms with Crippen LogP contribution < -0.4 is 10.2 Å². The standard InChI is InChI=1S/C22H31F3N4O2/c1-2-26-20(29-7-5-21(15-29)6-10-31-16-21)27-14-17-3-4-18(13-19(17)22(23,24)25)28-8-11-30-12-9-28/h3-4,13H,2,5-12,14-16H2,1H3,(H,26,27). The van der Waals surface area contributed by atoms with Gasteiger partial charge in [-0.15, -0.1) is 0 Å². The van der Waals surface area contributed by atoms with Gasteiger partial charge in [0.25, 0.3) is 0 Å². The lowest BCUT2D eigenvalue weighted by molar-refractivity contribution is -0.138. The monoisotopic (exact) mass is 440 g/mol. The average molecular weight is 441 g/mol. The number of morpholine rings is 1. The van der Waals surface area contributed by atoms with Gasteiger partial charge in [0.15, 0.2) is 5.96 Å². The van der Waals surface area contributed by atoms with Crippen molar-refractivity contribution >= 4 is 11.6 Å². The number of anilines is 1. The van der Waals surface area contributed by atoms with Gasteiger partial charge in [0.2, 0.25) is 0 Å². The van der Waals surface area contributed by atoms with Crippen molar-refractivity contribution in [2.24, 2.45) is 10.4 Å². The Morgan fingerprint density at radius 2 is 1.94 bits per heavy atom. The fourth-order valence-corrected chi connectivity index (χ4v) is 4.66. The smallest absolute Gasteiger partial charge is 0.381 e. The molecule has 0 aliphatic carbocycles. The van der Waals surface area contributed by atoms with Crippen molar-refractivity contribution in [1.82, 2.24) is 10.2 Å². The normalized spacial score (nSPS) is 25.0. The number of nitrogens with one attached hydrogen (secondary N) is 1. The van der Waals surface area contributed by atoms with Gasteiger partial charge in [0.1, 0.15) is 0 Å². The number of likely N-dealkylation sites (tertiary alicyclic amines) is 1. The van der Waals surface area contributed by atoms with Gasteiger partial charge < -0.3 is 24.6 Å². The van der Waals surface area contributed by atoms with E-state index in [4.69, 9.17) is 9.47 Å². The lowest BCUT2D eigenvalue weighted by Crippen LogP contribution is -2.41. The predicted molar refractivity (Wildman–Crippen MR) is 113 cm³/mol. The van der Waals surface area contributed by atoms with Gasteiger partial charge in [0, 0.05) is 50.4 Å². The molecule has 0 radical (unpaired) electrons. The van der Waals surface area contributed by atoms with Crippen LogP contribution in [0.5, 0.6) is 0 Å². The zero-order chi connectivity index (χ0) is 21.9. The van der Waals surface area contributed by atoms with Crippen LogP contribution in [-0.2, 0) is 22.2 Å². The van der Waals surface area contributed by atoms with E-state index in [9.17, 15) is 13.2 Å². The maximum Gasteiger partial charge on any atom is 0.416 e. The summed E-state index contributed by atoms with van der Waals surface area (Å²) in [6.45, 7) is 8.09. The van der Waals surface area contributed by atoms with Crippen molar-refractivity contribution in [2.75, 3.05) is 64.1 Å². The molecule has 3 fully saturated rings. The molecule has 3 aliphatic rings. The molecular weight excluding hydrogens is 409 g/mol. The van der Waals surface area contributed by atoms with Crippen LogP contribution in [0, 0.1) is 5.41 Å². The first-order valence-electron chi connectivity index (χ1n) is 11.0. The molecule has 1 N–H and O–H groups in total. The molecule has 3 aliphatic heterocycles. The highest BCUT2D eigenvalue weighted by molar-refractivity contribution is 5.80. The Morgan fingerprint density at radius 3 is 2.61 bits per heavy atom. The molecule has 0 amide bonds. The molecule has 4 rings (SSSR count). The topological polar surface area (TPSA) is 49.3 Å². The molecule has 1 aromatic rings. The molecule has 1 atom stereocenters. The molecule has 0 saturated carbocycles. The van der Waals surface area contributed by atoms with E-state index in [2.05, 4.69) is 15.2 Å². The van der Waals surface area contributed by atoms with E-state index in [1.807, 2.05) is 11.8 Å². The second-order valence-corrected chi connectivity index (χ2v) is 8.58. The molecule has 1 aromatic carbocycles. The first-order chi connectivity index (χ1) is 14.9. The number of hydrogen-bond acceptors (Lipinski definition) is 4. The molecule has 0 aromatic heterocycles. The quantitative estimate of drug-likeness (QED) is 0.576. The summed E-state index contributed by atoms with van der Waals surface area (Å²) in [7, 11) is 0. The summed E-state index contributed by atoms with van der Waals surface area (Å²) in [5.41, 5.74) is 0.321. The zero-order valence-corrected chi connectivity index (χ0v) is 18.0. The van der Waals surface area contributed by atoms with Crippen molar-refractivity contribution in [3.05, 3.63) is 29.3 Å². The lowest BCUT2D eigenvalue weighted by Gasteiger charge is -2.29. The molecule has 1 unspecified atom stereocenters. The van der Waals surface area contributed by atoms with Gasteiger partial charge >= 0.3 is 6.18 Å². The summed E-state index contributed by atoms with van der Waals surface area (Å²) in [6.07, 6.45) is -2.37. The van der Waals surface area contributed by atoms with Crippen molar-refractivity contribution in [1.29, 1.82) is 0 Å². The molecule has 3 saturated heterocycles. The summed E-state index contributed by atoms with van der Waals surface area (Å²) in [4.78, 5) is 8.69. The van der Waals surface area contributed by atoms with E-state index in [1.54, 1.807) is 12.1 Å². The van der Waals surface area contributed by atoms with Crippen LogP contribution in [0.3, 0.4) is 0 Å². The van der Waals surface area contributed by atoms with Crippen LogP contribution in [0.15, 0.2) is 23.2 Å². The third-order valence-corrected chi connectivity index (χ3v) is 6.43. The molecule has 3 heterocycles. The number of aliphatic imine (C=N–C) groups is 1. The fraction of sp³-hybridized carbons (Fsp3) is 0.682. The van der Waals surface area contributed by atoms with Crippen LogP contribution in [0.1, 0.15) is 30.9 Å². The molecule has 1 spiro atoms. The SMILES string of the molecule is CCNC(=NCc1ccc(N2CCOCC2)cc1C(F)(F)F)N1CCC2(CCOC2)C1. The van der Waals surface area contributed by atoms with Crippen molar-refractivity contribution in [3.63, 3.8) is 0 Å².